The second kappa shape index (κ2) is 9.20. The van der Waals surface area contributed by atoms with Crippen LogP contribution in [0.3, 0.4) is 0 Å². The van der Waals surface area contributed by atoms with Gasteiger partial charge in [0.15, 0.2) is 5.82 Å². The number of benzene rings is 2. The molecular weight excluding hydrogens is 392 g/mol. The fourth-order valence-corrected chi connectivity index (χ4v) is 3.35. The van der Waals surface area contributed by atoms with Crippen LogP contribution in [-0.2, 0) is 4.79 Å². The number of aromatic nitrogens is 3. The number of carbonyl (C=O) groups excluding carboxylic acids is 1. The van der Waals surface area contributed by atoms with Crippen LogP contribution >= 0.6 is 0 Å². The topological polar surface area (TPSA) is 78.3 Å². The highest BCUT2D eigenvalue weighted by atomic mass is 16.5. The molecule has 1 fully saturated rings. The molecule has 7 heteroatoms. The lowest BCUT2D eigenvalue weighted by Gasteiger charge is -2.24. The van der Waals surface area contributed by atoms with E-state index in [1.807, 2.05) is 48.5 Å². The van der Waals surface area contributed by atoms with Gasteiger partial charge in [0.25, 0.3) is 0 Å². The normalized spacial score (nSPS) is 13.7. The molecule has 1 saturated carbocycles. The van der Waals surface area contributed by atoms with Crippen LogP contribution in [-0.4, -0.2) is 34.4 Å². The summed E-state index contributed by atoms with van der Waals surface area (Å²) in [5.74, 6) is 1.94. The number of anilines is 1. The predicted molar refractivity (Wildman–Crippen MR) is 120 cm³/mol. The standard InChI is InChI=1S/C24H28N4O3/c1-16(2)15-31-24-26-22(18-9-5-12-21(13-18)30-3)28(27-24)20-11-6-10-19(14-20)25-23(29)17-7-4-8-17/h5-6,9-14,16-17H,4,7-8,15H2,1-3H3,(H,25,29). The first kappa shape index (κ1) is 20.9. The quantitative estimate of drug-likeness (QED) is 0.571. The lowest BCUT2D eigenvalue weighted by Crippen LogP contribution is -2.28. The molecule has 0 saturated heterocycles. The van der Waals surface area contributed by atoms with Crippen LogP contribution in [0.2, 0.25) is 0 Å². The Bertz CT molecular complexity index is 1060. The Kier molecular flexibility index (Phi) is 6.21. The van der Waals surface area contributed by atoms with Crippen molar-refractivity contribution in [2.24, 2.45) is 11.8 Å². The molecule has 162 valence electrons. The van der Waals surface area contributed by atoms with Gasteiger partial charge in [-0.25, -0.2) is 4.68 Å². The van der Waals surface area contributed by atoms with Gasteiger partial charge in [-0.1, -0.05) is 38.5 Å². The van der Waals surface area contributed by atoms with E-state index in [1.165, 1.54) is 0 Å². The van der Waals surface area contributed by atoms with Crippen LogP contribution in [0.15, 0.2) is 48.5 Å². The van der Waals surface area contributed by atoms with Crippen molar-refractivity contribution in [3.63, 3.8) is 0 Å². The summed E-state index contributed by atoms with van der Waals surface area (Å²) in [4.78, 5) is 17.0. The fraction of sp³-hybridized carbons (Fsp3) is 0.375. The van der Waals surface area contributed by atoms with E-state index >= 15 is 0 Å². The number of rotatable bonds is 8. The number of amides is 1. The Morgan fingerprint density at radius 3 is 2.71 bits per heavy atom. The van der Waals surface area contributed by atoms with Gasteiger partial charge in [-0.3, -0.25) is 4.79 Å². The van der Waals surface area contributed by atoms with Crippen LogP contribution in [0.25, 0.3) is 17.1 Å². The van der Waals surface area contributed by atoms with Gasteiger partial charge in [0.1, 0.15) is 5.75 Å². The largest absolute Gasteiger partial charge is 0.497 e. The molecular formula is C24H28N4O3. The summed E-state index contributed by atoms with van der Waals surface area (Å²) in [5.41, 5.74) is 2.39. The second-order valence-electron chi connectivity index (χ2n) is 8.23. The van der Waals surface area contributed by atoms with Gasteiger partial charge in [-0.2, -0.15) is 4.98 Å². The zero-order chi connectivity index (χ0) is 21.8. The number of nitrogens with zero attached hydrogens (tertiary/aromatic N) is 3. The van der Waals surface area contributed by atoms with Crippen molar-refractivity contribution in [3.8, 4) is 28.8 Å². The van der Waals surface area contributed by atoms with Crippen molar-refractivity contribution >= 4 is 11.6 Å². The number of hydrogen-bond donors (Lipinski definition) is 1. The Balaban J connectivity index is 1.68. The molecule has 0 radical (unpaired) electrons. The highest BCUT2D eigenvalue weighted by Gasteiger charge is 2.25. The molecule has 1 amide bonds. The minimum absolute atomic E-state index is 0.0796. The number of carbonyl (C=O) groups is 1. The van der Waals surface area contributed by atoms with Crippen LogP contribution in [0.4, 0.5) is 5.69 Å². The van der Waals surface area contributed by atoms with E-state index < -0.39 is 0 Å². The van der Waals surface area contributed by atoms with E-state index in [9.17, 15) is 4.79 Å². The van der Waals surface area contributed by atoms with Crippen molar-refractivity contribution in [1.82, 2.24) is 14.8 Å². The van der Waals surface area contributed by atoms with Crippen molar-refractivity contribution in [2.75, 3.05) is 19.0 Å². The average Bonchev–Trinajstić information content (AvgIpc) is 3.15. The number of ether oxygens (including phenoxy) is 2. The molecule has 0 bridgehead atoms. The lowest BCUT2D eigenvalue weighted by atomic mass is 9.85. The molecule has 31 heavy (non-hydrogen) atoms. The zero-order valence-electron chi connectivity index (χ0n) is 18.2. The van der Waals surface area contributed by atoms with E-state index in [-0.39, 0.29) is 11.8 Å². The molecule has 1 aromatic heterocycles. The summed E-state index contributed by atoms with van der Waals surface area (Å²) >= 11 is 0. The minimum Gasteiger partial charge on any atom is -0.497 e. The van der Waals surface area contributed by atoms with E-state index in [4.69, 9.17) is 9.47 Å². The highest BCUT2D eigenvalue weighted by Crippen LogP contribution is 2.29. The molecule has 0 atom stereocenters. The molecule has 2 aromatic carbocycles. The molecule has 4 rings (SSSR count). The van der Waals surface area contributed by atoms with Crippen LogP contribution in [0.1, 0.15) is 33.1 Å². The smallest absolute Gasteiger partial charge is 0.336 e. The summed E-state index contributed by atoms with van der Waals surface area (Å²) in [6.45, 7) is 4.68. The summed E-state index contributed by atoms with van der Waals surface area (Å²) in [6.07, 6.45) is 3.05. The maximum absolute atomic E-state index is 12.4. The van der Waals surface area contributed by atoms with E-state index in [0.29, 0.717) is 24.4 Å². The summed E-state index contributed by atoms with van der Waals surface area (Å²) in [6, 6.07) is 15.6. The van der Waals surface area contributed by atoms with Crippen LogP contribution < -0.4 is 14.8 Å². The van der Waals surface area contributed by atoms with Crippen molar-refractivity contribution < 1.29 is 14.3 Å². The molecule has 1 aliphatic carbocycles. The van der Waals surface area contributed by atoms with Crippen LogP contribution in [0, 0.1) is 11.8 Å². The van der Waals surface area contributed by atoms with Gasteiger partial charge in [-0.05, 0) is 49.1 Å². The van der Waals surface area contributed by atoms with E-state index in [2.05, 4.69) is 29.2 Å². The molecule has 1 N–H and O–H groups in total. The average molecular weight is 421 g/mol. The van der Waals surface area contributed by atoms with Crippen molar-refractivity contribution in [1.29, 1.82) is 0 Å². The van der Waals surface area contributed by atoms with Gasteiger partial charge in [0, 0.05) is 17.2 Å². The lowest BCUT2D eigenvalue weighted by molar-refractivity contribution is -0.122. The molecule has 3 aromatic rings. The third-order valence-corrected chi connectivity index (χ3v) is 5.30. The molecule has 1 heterocycles. The first-order valence-electron chi connectivity index (χ1n) is 10.7. The van der Waals surface area contributed by atoms with Crippen molar-refractivity contribution in [2.45, 2.75) is 33.1 Å². The SMILES string of the molecule is COc1cccc(-c2nc(OCC(C)C)nn2-c2cccc(NC(=O)C3CCC3)c2)c1. The molecule has 0 aliphatic heterocycles. The van der Waals surface area contributed by atoms with Crippen molar-refractivity contribution in [3.05, 3.63) is 48.5 Å². The summed E-state index contributed by atoms with van der Waals surface area (Å²) in [5, 5.41) is 7.62. The Hall–Kier alpha value is -3.35. The monoisotopic (exact) mass is 420 g/mol. The Labute approximate surface area is 182 Å². The summed E-state index contributed by atoms with van der Waals surface area (Å²) in [7, 11) is 1.63. The first-order chi connectivity index (χ1) is 15.0. The maximum atomic E-state index is 12.4. The number of nitrogens with one attached hydrogen (secondary N) is 1. The molecule has 0 spiro atoms. The Morgan fingerprint density at radius 1 is 1.19 bits per heavy atom. The number of hydrogen-bond acceptors (Lipinski definition) is 5. The summed E-state index contributed by atoms with van der Waals surface area (Å²) < 4.78 is 12.9. The first-order valence-corrected chi connectivity index (χ1v) is 10.7. The van der Waals surface area contributed by atoms with Crippen LogP contribution in [0.5, 0.6) is 11.8 Å². The van der Waals surface area contributed by atoms with Gasteiger partial charge >= 0.3 is 6.01 Å². The predicted octanol–water partition coefficient (Wildman–Crippen LogP) is 4.72. The third-order valence-electron chi connectivity index (χ3n) is 5.30. The minimum atomic E-state index is 0.0796. The third kappa shape index (κ3) is 4.87. The van der Waals surface area contributed by atoms with Gasteiger partial charge in [0.05, 0.1) is 19.4 Å². The molecule has 7 nitrogen and oxygen atoms in total. The Morgan fingerprint density at radius 2 is 2.00 bits per heavy atom. The molecule has 1 aliphatic rings. The maximum Gasteiger partial charge on any atom is 0.336 e. The fourth-order valence-electron chi connectivity index (χ4n) is 3.35. The number of methoxy groups -OCH3 is 1. The van der Waals surface area contributed by atoms with Gasteiger partial charge in [-0.15, -0.1) is 5.10 Å². The highest BCUT2D eigenvalue weighted by molar-refractivity contribution is 5.93. The van der Waals surface area contributed by atoms with Gasteiger partial charge < -0.3 is 14.8 Å². The van der Waals surface area contributed by atoms with E-state index in [0.717, 1.165) is 42.0 Å². The zero-order valence-corrected chi connectivity index (χ0v) is 18.2. The molecule has 0 unspecified atom stereocenters. The second-order valence-corrected chi connectivity index (χ2v) is 8.23. The van der Waals surface area contributed by atoms with E-state index in [1.54, 1.807) is 11.8 Å². The van der Waals surface area contributed by atoms with Gasteiger partial charge in [0.2, 0.25) is 5.91 Å².